The van der Waals surface area contributed by atoms with Crippen molar-refractivity contribution in [3.8, 4) is 0 Å². The summed E-state index contributed by atoms with van der Waals surface area (Å²) < 4.78 is 0. The van der Waals surface area contributed by atoms with Crippen LogP contribution in [0.4, 0.5) is 0 Å². The van der Waals surface area contributed by atoms with E-state index in [-0.39, 0.29) is 23.4 Å². The molecule has 3 atom stereocenters. The summed E-state index contributed by atoms with van der Waals surface area (Å²) in [7, 11) is 0. The van der Waals surface area contributed by atoms with Gasteiger partial charge in [0.25, 0.3) is 0 Å². The normalized spacial score (nSPS) is 37.0. The first kappa shape index (κ1) is 10.9. The monoisotopic (exact) mass is 211 g/mol. The van der Waals surface area contributed by atoms with E-state index in [1.54, 1.807) is 0 Å². The lowest BCUT2D eigenvalue weighted by Crippen LogP contribution is -2.68. The highest BCUT2D eigenvalue weighted by Crippen LogP contribution is 2.24. The summed E-state index contributed by atoms with van der Waals surface area (Å²) >= 11 is 0. The number of fused-ring (bicyclic) bond motifs is 1. The summed E-state index contributed by atoms with van der Waals surface area (Å²) in [6.07, 6.45) is 1.15. The van der Waals surface area contributed by atoms with Gasteiger partial charge in [0.2, 0.25) is 5.91 Å². The molecule has 2 aliphatic rings. The molecule has 3 unspecified atom stereocenters. The molecule has 0 bridgehead atoms. The van der Waals surface area contributed by atoms with Crippen molar-refractivity contribution < 1.29 is 4.79 Å². The number of nitrogens with one attached hydrogen (secondary N) is 3. The molecular weight excluding hydrogens is 190 g/mol. The number of carbonyl (C=O) groups excluding carboxylic acids is 1. The smallest absolute Gasteiger partial charge is 0.227 e. The summed E-state index contributed by atoms with van der Waals surface area (Å²) in [5.74, 6) is 0.309. The molecular formula is C11H21N3O. The van der Waals surface area contributed by atoms with Crippen LogP contribution in [0.2, 0.25) is 0 Å². The van der Waals surface area contributed by atoms with Crippen molar-refractivity contribution in [2.45, 2.75) is 39.4 Å². The van der Waals surface area contributed by atoms with Gasteiger partial charge in [-0.1, -0.05) is 20.8 Å². The van der Waals surface area contributed by atoms with E-state index in [9.17, 15) is 4.79 Å². The minimum atomic E-state index is 0.0749. The summed E-state index contributed by atoms with van der Waals surface area (Å²) in [5, 5.41) is 9.89. The fourth-order valence-corrected chi connectivity index (χ4v) is 2.31. The van der Waals surface area contributed by atoms with Gasteiger partial charge in [-0.3, -0.25) is 10.1 Å². The molecule has 1 amide bonds. The molecule has 4 nitrogen and oxygen atoms in total. The maximum Gasteiger partial charge on any atom is 0.227 e. The quantitative estimate of drug-likeness (QED) is 0.531. The lowest BCUT2D eigenvalue weighted by molar-refractivity contribution is -0.131. The first-order valence-electron chi connectivity index (χ1n) is 5.75. The second kappa shape index (κ2) is 3.76. The molecule has 3 N–H and O–H groups in total. The summed E-state index contributed by atoms with van der Waals surface area (Å²) in [5.41, 5.74) is 0.0749. The van der Waals surface area contributed by atoms with Gasteiger partial charge < -0.3 is 10.6 Å². The van der Waals surface area contributed by atoms with Gasteiger partial charge in [0.1, 0.15) is 0 Å². The minimum absolute atomic E-state index is 0.0749. The van der Waals surface area contributed by atoms with E-state index in [1.807, 2.05) is 0 Å². The predicted octanol–water partition coefficient (Wildman–Crippen LogP) is 0.0561. The molecule has 86 valence electrons. The molecule has 0 aromatic heterocycles. The Balaban J connectivity index is 2.08. The van der Waals surface area contributed by atoms with E-state index in [1.165, 1.54) is 0 Å². The van der Waals surface area contributed by atoms with E-state index in [2.05, 4.69) is 36.7 Å². The van der Waals surface area contributed by atoms with Gasteiger partial charge in [0, 0.05) is 12.6 Å². The molecule has 2 fully saturated rings. The second-order valence-corrected chi connectivity index (χ2v) is 5.68. The van der Waals surface area contributed by atoms with Crippen molar-refractivity contribution in [1.82, 2.24) is 16.0 Å². The van der Waals surface area contributed by atoms with Gasteiger partial charge in [-0.15, -0.1) is 0 Å². The summed E-state index contributed by atoms with van der Waals surface area (Å²) in [6.45, 7) is 8.25. The van der Waals surface area contributed by atoms with Gasteiger partial charge in [0.15, 0.2) is 0 Å². The Hall–Kier alpha value is -0.610. The van der Waals surface area contributed by atoms with Gasteiger partial charge in [-0.2, -0.15) is 0 Å². The number of amides is 1. The van der Waals surface area contributed by atoms with Crippen molar-refractivity contribution in [1.29, 1.82) is 0 Å². The molecule has 2 saturated heterocycles. The predicted molar refractivity (Wildman–Crippen MR) is 59.3 cm³/mol. The molecule has 0 radical (unpaired) electrons. The SMILES string of the molecule is CC(C)(C)C1NC(=O)C2CNCCC2N1. The average Bonchev–Trinajstić information content (AvgIpc) is 2.16. The Labute approximate surface area is 91.2 Å². The van der Waals surface area contributed by atoms with Crippen molar-refractivity contribution in [3.63, 3.8) is 0 Å². The van der Waals surface area contributed by atoms with Gasteiger partial charge in [-0.25, -0.2) is 0 Å². The molecule has 15 heavy (non-hydrogen) atoms. The van der Waals surface area contributed by atoms with Crippen LogP contribution in [0, 0.1) is 11.3 Å². The molecule has 0 aliphatic carbocycles. The van der Waals surface area contributed by atoms with Gasteiger partial charge >= 0.3 is 0 Å². The minimum Gasteiger partial charge on any atom is -0.340 e. The standard InChI is InChI=1S/C11H21N3O/c1-11(2,3)10-13-8-4-5-12-6-7(8)9(15)14-10/h7-8,10,12-13H,4-6H2,1-3H3,(H,14,15). The number of carbonyl (C=O) groups is 1. The van der Waals surface area contributed by atoms with Crippen LogP contribution in [-0.4, -0.2) is 31.2 Å². The number of rotatable bonds is 0. The highest BCUT2D eigenvalue weighted by Gasteiger charge is 2.40. The topological polar surface area (TPSA) is 53.2 Å². The Bertz CT molecular complexity index is 259. The molecule has 2 rings (SSSR count). The third kappa shape index (κ3) is 2.16. The van der Waals surface area contributed by atoms with E-state index in [0.29, 0.717) is 6.04 Å². The lowest BCUT2D eigenvalue weighted by Gasteiger charge is -2.44. The van der Waals surface area contributed by atoms with Crippen LogP contribution in [0.25, 0.3) is 0 Å². The zero-order valence-electron chi connectivity index (χ0n) is 9.76. The van der Waals surface area contributed by atoms with Crippen LogP contribution in [0.1, 0.15) is 27.2 Å². The largest absolute Gasteiger partial charge is 0.340 e. The zero-order chi connectivity index (χ0) is 11.1. The van der Waals surface area contributed by atoms with Crippen molar-refractivity contribution >= 4 is 5.91 Å². The van der Waals surface area contributed by atoms with Gasteiger partial charge in [0.05, 0.1) is 12.1 Å². The lowest BCUT2D eigenvalue weighted by atomic mass is 9.84. The summed E-state index contributed by atoms with van der Waals surface area (Å²) in [6, 6.07) is 0.351. The first-order valence-corrected chi connectivity index (χ1v) is 5.75. The fourth-order valence-electron chi connectivity index (χ4n) is 2.31. The van der Waals surface area contributed by atoms with Crippen molar-refractivity contribution in [2.75, 3.05) is 13.1 Å². The molecule has 0 saturated carbocycles. The van der Waals surface area contributed by atoms with Crippen LogP contribution >= 0.6 is 0 Å². The molecule has 4 heteroatoms. The Morgan fingerprint density at radius 3 is 2.73 bits per heavy atom. The van der Waals surface area contributed by atoms with Crippen LogP contribution < -0.4 is 16.0 Å². The van der Waals surface area contributed by atoms with Crippen LogP contribution in [0.3, 0.4) is 0 Å². The van der Waals surface area contributed by atoms with E-state index in [0.717, 1.165) is 19.5 Å². The van der Waals surface area contributed by atoms with Crippen molar-refractivity contribution in [3.05, 3.63) is 0 Å². The van der Waals surface area contributed by atoms with E-state index < -0.39 is 0 Å². The van der Waals surface area contributed by atoms with E-state index in [4.69, 9.17) is 0 Å². The van der Waals surface area contributed by atoms with Crippen LogP contribution in [0.15, 0.2) is 0 Å². The number of hydrogen-bond donors (Lipinski definition) is 3. The average molecular weight is 211 g/mol. The molecule has 2 aliphatic heterocycles. The summed E-state index contributed by atoms with van der Waals surface area (Å²) in [4.78, 5) is 11.9. The maximum absolute atomic E-state index is 11.9. The van der Waals surface area contributed by atoms with Crippen LogP contribution in [-0.2, 0) is 4.79 Å². The number of hydrogen-bond acceptors (Lipinski definition) is 3. The highest BCUT2D eigenvalue weighted by atomic mass is 16.2. The Morgan fingerprint density at radius 2 is 2.07 bits per heavy atom. The molecule has 0 aromatic rings. The van der Waals surface area contributed by atoms with Crippen LogP contribution in [0.5, 0.6) is 0 Å². The molecule has 0 spiro atoms. The highest BCUT2D eigenvalue weighted by molar-refractivity contribution is 5.81. The molecule has 2 heterocycles. The zero-order valence-corrected chi connectivity index (χ0v) is 9.76. The third-order valence-corrected chi connectivity index (χ3v) is 3.35. The third-order valence-electron chi connectivity index (χ3n) is 3.35. The molecule has 0 aromatic carbocycles. The van der Waals surface area contributed by atoms with Gasteiger partial charge in [-0.05, 0) is 18.4 Å². The maximum atomic E-state index is 11.9. The Morgan fingerprint density at radius 1 is 1.33 bits per heavy atom. The number of piperidine rings is 1. The van der Waals surface area contributed by atoms with Crippen molar-refractivity contribution in [2.24, 2.45) is 11.3 Å². The first-order chi connectivity index (χ1) is 6.98. The van der Waals surface area contributed by atoms with E-state index >= 15 is 0 Å². The second-order valence-electron chi connectivity index (χ2n) is 5.68. The Kier molecular flexibility index (Phi) is 2.73. The fraction of sp³-hybridized carbons (Fsp3) is 0.909.